The summed E-state index contributed by atoms with van der Waals surface area (Å²) in [4.78, 5) is 26.1. The minimum absolute atomic E-state index is 0.0799. The number of carboxylic acids is 1. The fraction of sp³-hybridized carbons (Fsp3) is 0.364. The highest BCUT2D eigenvalue weighted by Crippen LogP contribution is 2.24. The average molecular weight is 251 g/mol. The Morgan fingerprint density at radius 3 is 2.89 bits per heavy atom. The molecule has 0 bridgehead atoms. The fourth-order valence-corrected chi connectivity index (χ4v) is 1.81. The first kappa shape index (κ1) is 12.3. The number of hydrogen-bond donors (Lipinski definition) is 3. The largest absolute Gasteiger partial charge is 0.479 e. The molecule has 2 rings (SSSR count). The van der Waals surface area contributed by atoms with Gasteiger partial charge in [-0.2, -0.15) is 0 Å². The van der Waals surface area contributed by atoms with E-state index in [0.717, 1.165) is 0 Å². The topological polar surface area (TPSA) is 115 Å². The standard InChI is InChI=1S/C11H13N3O4/c12-9(15)8-5-7(1-3-13-8)14-11(10(16)17)2-4-18-6-11/h1,3,5H,2,4,6H2,(H2,12,15)(H,13,14)(H,16,17). The summed E-state index contributed by atoms with van der Waals surface area (Å²) >= 11 is 0. The second kappa shape index (κ2) is 4.61. The molecule has 1 aromatic rings. The molecule has 1 fully saturated rings. The molecular formula is C11H13N3O4. The second-order valence-electron chi connectivity index (χ2n) is 4.11. The van der Waals surface area contributed by atoms with Gasteiger partial charge in [0.25, 0.3) is 5.91 Å². The molecular weight excluding hydrogens is 238 g/mol. The number of rotatable bonds is 4. The Balaban J connectivity index is 2.24. The zero-order valence-corrected chi connectivity index (χ0v) is 9.55. The number of carbonyl (C=O) groups excluding carboxylic acids is 1. The Labute approximate surface area is 103 Å². The van der Waals surface area contributed by atoms with Gasteiger partial charge in [-0.05, 0) is 12.1 Å². The molecule has 1 saturated heterocycles. The van der Waals surface area contributed by atoms with Crippen LogP contribution in [0.25, 0.3) is 0 Å². The number of hydrogen-bond acceptors (Lipinski definition) is 5. The Bertz CT molecular complexity index is 483. The summed E-state index contributed by atoms with van der Waals surface area (Å²) in [7, 11) is 0. The van der Waals surface area contributed by atoms with Crippen molar-refractivity contribution in [2.75, 3.05) is 18.5 Å². The number of nitrogens with one attached hydrogen (secondary N) is 1. The van der Waals surface area contributed by atoms with Gasteiger partial charge in [0, 0.05) is 24.9 Å². The minimum atomic E-state index is -1.16. The van der Waals surface area contributed by atoms with Crippen LogP contribution in [0.3, 0.4) is 0 Å². The van der Waals surface area contributed by atoms with Gasteiger partial charge in [0.2, 0.25) is 0 Å². The van der Waals surface area contributed by atoms with Crippen LogP contribution in [-0.4, -0.2) is 40.7 Å². The molecule has 4 N–H and O–H groups in total. The van der Waals surface area contributed by atoms with Crippen molar-refractivity contribution >= 4 is 17.6 Å². The molecule has 1 unspecified atom stereocenters. The predicted molar refractivity (Wildman–Crippen MR) is 62.2 cm³/mol. The van der Waals surface area contributed by atoms with Gasteiger partial charge in [-0.1, -0.05) is 0 Å². The van der Waals surface area contributed by atoms with E-state index in [1.165, 1.54) is 12.3 Å². The van der Waals surface area contributed by atoms with E-state index in [9.17, 15) is 14.7 Å². The molecule has 96 valence electrons. The summed E-state index contributed by atoms with van der Waals surface area (Å²) in [5, 5.41) is 12.1. The molecule has 0 radical (unpaired) electrons. The third kappa shape index (κ3) is 2.25. The number of ether oxygens (including phenoxy) is 1. The molecule has 0 spiro atoms. The van der Waals surface area contributed by atoms with Crippen molar-refractivity contribution in [3.8, 4) is 0 Å². The van der Waals surface area contributed by atoms with Gasteiger partial charge in [0.1, 0.15) is 5.69 Å². The van der Waals surface area contributed by atoms with Crippen molar-refractivity contribution in [1.29, 1.82) is 0 Å². The summed E-state index contributed by atoms with van der Waals surface area (Å²) in [6, 6.07) is 3.00. The lowest BCUT2D eigenvalue weighted by molar-refractivity contribution is -0.142. The molecule has 0 saturated carbocycles. The number of primary amides is 1. The SMILES string of the molecule is NC(=O)c1cc(NC2(C(=O)O)CCOC2)ccn1. The van der Waals surface area contributed by atoms with Crippen molar-refractivity contribution in [1.82, 2.24) is 4.98 Å². The van der Waals surface area contributed by atoms with E-state index in [0.29, 0.717) is 18.7 Å². The molecule has 1 aromatic heterocycles. The lowest BCUT2D eigenvalue weighted by Crippen LogP contribution is -2.47. The van der Waals surface area contributed by atoms with Crippen LogP contribution in [-0.2, 0) is 9.53 Å². The molecule has 2 heterocycles. The summed E-state index contributed by atoms with van der Waals surface area (Å²) in [5.74, 6) is -1.65. The summed E-state index contributed by atoms with van der Waals surface area (Å²) in [5.41, 5.74) is 4.52. The first-order valence-electron chi connectivity index (χ1n) is 5.39. The smallest absolute Gasteiger partial charge is 0.331 e. The van der Waals surface area contributed by atoms with Crippen LogP contribution < -0.4 is 11.1 Å². The van der Waals surface area contributed by atoms with E-state index < -0.39 is 17.4 Å². The predicted octanol–water partition coefficient (Wildman–Crippen LogP) is -0.164. The highest BCUT2D eigenvalue weighted by Gasteiger charge is 2.42. The van der Waals surface area contributed by atoms with Crippen molar-refractivity contribution in [2.24, 2.45) is 5.73 Å². The molecule has 1 aliphatic heterocycles. The second-order valence-corrected chi connectivity index (χ2v) is 4.11. The van der Waals surface area contributed by atoms with Crippen LogP contribution in [0, 0.1) is 0 Å². The van der Waals surface area contributed by atoms with E-state index in [2.05, 4.69) is 10.3 Å². The number of aromatic nitrogens is 1. The molecule has 7 heteroatoms. The first-order chi connectivity index (χ1) is 8.53. The number of carbonyl (C=O) groups is 2. The van der Waals surface area contributed by atoms with E-state index in [-0.39, 0.29) is 12.3 Å². The third-order valence-corrected chi connectivity index (χ3v) is 2.83. The number of pyridine rings is 1. The van der Waals surface area contributed by atoms with Gasteiger partial charge in [-0.15, -0.1) is 0 Å². The number of amides is 1. The zero-order valence-electron chi connectivity index (χ0n) is 9.55. The number of nitrogens with two attached hydrogens (primary N) is 1. The third-order valence-electron chi connectivity index (χ3n) is 2.83. The Morgan fingerprint density at radius 1 is 1.56 bits per heavy atom. The van der Waals surface area contributed by atoms with Gasteiger partial charge in [-0.25, -0.2) is 4.79 Å². The van der Waals surface area contributed by atoms with E-state index in [4.69, 9.17) is 10.5 Å². The van der Waals surface area contributed by atoms with Crippen molar-refractivity contribution in [3.05, 3.63) is 24.0 Å². The molecule has 0 aliphatic carbocycles. The highest BCUT2D eigenvalue weighted by atomic mass is 16.5. The van der Waals surface area contributed by atoms with Gasteiger partial charge >= 0.3 is 5.97 Å². The van der Waals surface area contributed by atoms with E-state index in [1.54, 1.807) is 6.07 Å². The van der Waals surface area contributed by atoms with Crippen LogP contribution >= 0.6 is 0 Å². The fourth-order valence-electron chi connectivity index (χ4n) is 1.81. The lowest BCUT2D eigenvalue weighted by Gasteiger charge is -2.25. The quantitative estimate of drug-likeness (QED) is 0.684. The van der Waals surface area contributed by atoms with Crippen LogP contribution in [0.4, 0.5) is 5.69 Å². The molecule has 18 heavy (non-hydrogen) atoms. The van der Waals surface area contributed by atoms with Gasteiger partial charge in [-0.3, -0.25) is 9.78 Å². The lowest BCUT2D eigenvalue weighted by atomic mass is 9.98. The summed E-state index contributed by atoms with van der Waals surface area (Å²) in [6.07, 6.45) is 1.75. The maximum Gasteiger partial charge on any atom is 0.331 e. The minimum Gasteiger partial charge on any atom is -0.479 e. The van der Waals surface area contributed by atoms with Gasteiger partial charge in [0.05, 0.1) is 6.61 Å². The van der Waals surface area contributed by atoms with Crippen LogP contribution in [0.15, 0.2) is 18.3 Å². The van der Waals surface area contributed by atoms with Crippen molar-refractivity contribution in [3.63, 3.8) is 0 Å². The maximum atomic E-state index is 11.3. The van der Waals surface area contributed by atoms with E-state index in [1.807, 2.05) is 0 Å². The summed E-state index contributed by atoms with van der Waals surface area (Å²) in [6.45, 7) is 0.462. The van der Waals surface area contributed by atoms with E-state index >= 15 is 0 Å². The number of nitrogens with zero attached hydrogens (tertiary/aromatic N) is 1. The Kier molecular flexibility index (Phi) is 3.15. The normalized spacial score (nSPS) is 22.7. The molecule has 0 aromatic carbocycles. The van der Waals surface area contributed by atoms with Crippen LogP contribution in [0.1, 0.15) is 16.9 Å². The number of carboxylic acid groups (broad SMARTS) is 1. The number of anilines is 1. The summed E-state index contributed by atoms with van der Waals surface area (Å²) < 4.78 is 5.12. The Morgan fingerprint density at radius 2 is 2.33 bits per heavy atom. The molecule has 1 amide bonds. The first-order valence-corrected chi connectivity index (χ1v) is 5.39. The highest BCUT2D eigenvalue weighted by molar-refractivity contribution is 5.92. The molecule has 1 aliphatic rings. The monoisotopic (exact) mass is 251 g/mol. The van der Waals surface area contributed by atoms with Gasteiger partial charge in [0.15, 0.2) is 5.54 Å². The van der Waals surface area contributed by atoms with Crippen LogP contribution in [0.5, 0.6) is 0 Å². The van der Waals surface area contributed by atoms with Crippen LogP contribution in [0.2, 0.25) is 0 Å². The average Bonchev–Trinajstić information content (AvgIpc) is 2.79. The van der Waals surface area contributed by atoms with Crippen molar-refractivity contribution in [2.45, 2.75) is 12.0 Å². The number of aliphatic carboxylic acids is 1. The molecule has 1 atom stereocenters. The zero-order chi connectivity index (χ0) is 13.2. The molecule has 7 nitrogen and oxygen atoms in total. The maximum absolute atomic E-state index is 11.3. The Hall–Kier alpha value is -2.15. The van der Waals surface area contributed by atoms with Crippen molar-refractivity contribution < 1.29 is 19.4 Å². The van der Waals surface area contributed by atoms with Gasteiger partial charge < -0.3 is 20.9 Å².